The smallest absolute Gasteiger partial charge is 0.264 e. The van der Waals surface area contributed by atoms with Crippen molar-refractivity contribution in [2.45, 2.75) is 58.5 Å². The van der Waals surface area contributed by atoms with Gasteiger partial charge in [-0.05, 0) is 68.1 Å². The molecule has 0 heterocycles. The number of amides is 2. The molecule has 1 N–H and O–H groups in total. The fourth-order valence-corrected chi connectivity index (χ4v) is 6.47. The van der Waals surface area contributed by atoms with Gasteiger partial charge in [0.25, 0.3) is 10.0 Å². The minimum Gasteiger partial charge on any atom is -0.495 e. The summed E-state index contributed by atoms with van der Waals surface area (Å²) < 4.78 is 34.9. The predicted molar refractivity (Wildman–Crippen MR) is 172 cm³/mol. The third-order valence-electron chi connectivity index (χ3n) is 6.95. The van der Waals surface area contributed by atoms with E-state index in [1.807, 2.05) is 27.7 Å². The van der Waals surface area contributed by atoms with Gasteiger partial charge in [0.1, 0.15) is 18.3 Å². The van der Waals surface area contributed by atoms with Crippen LogP contribution in [0.25, 0.3) is 0 Å². The topological polar surface area (TPSA) is 96.0 Å². The summed E-state index contributed by atoms with van der Waals surface area (Å²) in [6.07, 6.45) is 0.274. The van der Waals surface area contributed by atoms with Crippen LogP contribution in [0, 0.1) is 19.8 Å². The summed E-state index contributed by atoms with van der Waals surface area (Å²) in [7, 11) is -2.82. The Hall–Kier alpha value is -3.27. The standard InChI is InChI=1S/C32H39Cl2N3O5S/c1-7-28(32(39)35-18-21(2)3)36(19-25-26(33)9-8-10-27(25)34)31(38)20-37(29-17-23(5)13-16-30(29)42-6)43(40,41)24-14-11-22(4)12-15-24/h8-17,21,28H,7,18-20H2,1-6H3,(H,35,39)/t28-/m0/s1. The number of rotatable bonds is 13. The number of hydrogen-bond acceptors (Lipinski definition) is 5. The van der Waals surface area contributed by atoms with Gasteiger partial charge in [-0.2, -0.15) is 0 Å². The van der Waals surface area contributed by atoms with E-state index in [-0.39, 0.29) is 41.1 Å². The third kappa shape index (κ3) is 8.43. The van der Waals surface area contributed by atoms with Crippen molar-refractivity contribution in [1.29, 1.82) is 0 Å². The number of nitrogens with one attached hydrogen (secondary N) is 1. The van der Waals surface area contributed by atoms with E-state index in [4.69, 9.17) is 27.9 Å². The lowest BCUT2D eigenvalue weighted by molar-refractivity contribution is -0.140. The Labute approximate surface area is 265 Å². The fraction of sp³-hybridized carbons (Fsp3) is 0.375. The highest BCUT2D eigenvalue weighted by molar-refractivity contribution is 7.92. The maximum Gasteiger partial charge on any atom is 0.264 e. The number of aryl methyl sites for hydroxylation is 2. The Balaban J connectivity index is 2.16. The molecular weight excluding hydrogens is 609 g/mol. The van der Waals surface area contributed by atoms with Crippen molar-refractivity contribution >= 4 is 50.7 Å². The van der Waals surface area contributed by atoms with Gasteiger partial charge in [0.05, 0.1) is 17.7 Å². The van der Waals surface area contributed by atoms with Crippen molar-refractivity contribution in [3.8, 4) is 5.75 Å². The molecule has 43 heavy (non-hydrogen) atoms. The molecule has 3 aromatic carbocycles. The normalized spacial score (nSPS) is 12.1. The maximum atomic E-state index is 14.3. The lowest BCUT2D eigenvalue weighted by Gasteiger charge is -2.34. The Morgan fingerprint density at radius 1 is 0.953 bits per heavy atom. The number of carbonyl (C=O) groups is 2. The van der Waals surface area contributed by atoms with E-state index in [1.54, 1.807) is 55.5 Å². The van der Waals surface area contributed by atoms with Crippen molar-refractivity contribution in [2.24, 2.45) is 5.92 Å². The first-order chi connectivity index (χ1) is 20.3. The van der Waals surface area contributed by atoms with Gasteiger partial charge in [-0.15, -0.1) is 0 Å². The molecule has 0 aromatic heterocycles. The van der Waals surface area contributed by atoms with Crippen LogP contribution >= 0.6 is 23.2 Å². The van der Waals surface area contributed by atoms with Crippen LogP contribution in [-0.2, 0) is 26.2 Å². The fourth-order valence-electron chi connectivity index (χ4n) is 4.54. The van der Waals surface area contributed by atoms with E-state index in [2.05, 4.69) is 5.32 Å². The van der Waals surface area contributed by atoms with Crippen LogP contribution in [0.15, 0.2) is 65.6 Å². The molecule has 2 amide bonds. The van der Waals surface area contributed by atoms with Gasteiger partial charge in [0.15, 0.2) is 0 Å². The van der Waals surface area contributed by atoms with Crippen molar-refractivity contribution in [3.05, 3.63) is 87.4 Å². The lowest BCUT2D eigenvalue weighted by Crippen LogP contribution is -2.52. The first kappa shape index (κ1) is 34.2. The summed E-state index contributed by atoms with van der Waals surface area (Å²) in [6.45, 7) is 9.11. The number of anilines is 1. The zero-order valence-corrected chi connectivity index (χ0v) is 27.7. The zero-order chi connectivity index (χ0) is 31.9. The summed E-state index contributed by atoms with van der Waals surface area (Å²) in [4.78, 5) is 29.1. The van der Waals surface area contributed by atoms with Crippen molar-refractivity contribution in [3.63, 3.8) is 0 Å². The minimum atomic E-state index is -4.26. The van der Waals surface area contributed by atoms with Gasteiger partial charge in [-0.3, -0.25) is 13.9 Å². The number of halogens is 2. The number of nitrogens with zero attached hydrogens (tertiary/aromatic N) is 2. The number of methoxy groups -OCH3 is 1. The molecule has 232 valence electrons. The predicted octanol–water partition coefficient (Wildman–Crippen LogP) is 6.39. The summed E-state index contributed by atoms with van der Waals surface area (Å²) in [5.74, 6) is -0.500. The summed E-state index contributed by atoms with van der Waals surface area (Å²) in [6, 6.07) is 15.6. The van der Waals surface area contributed by atoms with E-state index in [0.29, 0.717) is 22.2 Å². The highest BCUT2D eigenvalue weighted by Gasteiger charge is 2.35. The SMILES string of the molecule is CC[C@@H](C(=O)NCC(C)C)N(Cc1c(Cl)cccc1Cl)C(=O)CN(c1cc(C)ccc1OC)S(=O)(=O)c1ccc(C)cc1. The largest absolute Gasteiger partial charge is 0.495 e. The van der Waals surface area contributed by atoms with E-state index < -0.39 is 28.5 Å². The van der Waals surface area contributed by atoms with Gasteiger partial charge in [-0.25, -0.2) is 8.42 Å². The second-order valence-corrected chi connectivity index (χ2v) is 13.5. The molecule has 0 aliphatic rings. The minimum absolute atomic E-state index is 0.0110. The molecule has 1 atom stereocenters. The maximum absolute atomic E-state index is 14.3. The molecule has 0 saturated heterocycles. The van der Waals surface area contributed by atoms with E-state index >= 15 is 0 Å². The van der Waals surface area contributed by atoms with Crippen LogP contribution in [0.2, 0.25) is 10.0 Å². The number of ether oxygens (including phenoxy) is 1. The summed E-state index contributed by atoms with van der Waals surface area (Å²) >= 11 is 13.0. The van der Waals surface area contributed by atoms with Crippen molar-refractivity contribution < 1.29 is 22.7 Å². The Kier molecular flexibility index (Phi) is 11.9. The molecule has 0 spiro atoms. The lowest BCUT2D eigenvalue weighted by atomic mass is 10.1. The van der Waals surface area contributed by atoms with Crippen molar-refractivity contribution in [2.75, 3.05) is 24.5 Å². The highest BCUT2D eigenvalue weighted by Crippen LogP contribution is 2.34. The Morgan fingerprint density at radius 2 is 1.56 bits per heavy atom. The van der Waals surface area contributed by atoms with Crippen LogP contribution in [0.4, 0.5) is 5.69 Å². The zero-order valence-electron chi connectivity index (χ0n) is 25.4. The summed E-state index contributed by atoms with van der Waals surface area (Å²) in [5, 5.41) is 3.56. The second-order valence-electron chi connectivity index (χ2n) is 10.8. The second kappa shape index (κ2) is 14.9. The average molecular weight is 649 g/mol. The van der Waals surface area contributed by atoms with E-state index in [9.17, 15) is 18.0 Å². The van der Waals surface area contributed by atoms with E-state index in [1.165, 1.54) is 24.1 Å². The van der Waals surface area contributed by atoms with Gasteiger partial charge >= 0.3 is 0 Å². The average Bonchev–Trinajstić information content (AvgIpc) is 2.96. The Morgan fingerprint density at radius 3 is 2.12 bits per heavy atom. The number of carbonyl (C=O) groups excluding carboxylic acids is 2. The highest BCUT2D eigenvalue weighted by atomic mass is 35.5. The molecule has 0 radical (unpaired) electrons. The molecule has 0 aliphatic carbocycles. The van der Waals surface area contributed by atoms with Crippen molar-refractivity contribution in [1.82, 2.24) is 10.2 Å². The van der Waals surface area contributed by atoms with E-state index in [0.717, 1.165) is 15.4 Å². The van der Waals surface area contributed by atoms with Gasteiger partial charge in [-0.1, -0.05) is 73.8 Å². The summed E-state index contributed by atoms with van der Waals surface area (Å²) in [5.41, 5.74) is 2.31. The molecule has 0 bridgehead atoms. The quantitative estimate of drug-likeness (QED) is 0.232. The molecule has 0 aliphatic heterocycles. The molecule has 3 aromatic rings. The molecule has 11 heteroatoms. The number of hydrogen-bond donors (Lipinski definition) is 1. The number of sulfonamides is 1. The van der Waals surface area contributed by atoms with Crippen LogP contribution < -0.4 is 14.4 Å². The van der Waals surface area contributed by atoms with Crippen LogP contribution in [0.3, 0.4) is 0 Å². The molecule has 0 saturated carbocycles. The molecule has 3 rings (SSSR count). The molecule has 0 fully saturated rings. The molecular formula is C32H39Cl2N3O5S. The van der Waals surface area contributed by atoms with Gasteiger partial charge in [0.2, 0.25) is 11.8 Å². The molecule has 8 nitrogen and oxygen atoms in total. The van der Waals surface area contributed by atoms with Gasteiger partial charge in [0, 0.05) is 28.7 Å². The first-order valence-corrected chi connectivity index (χ1v) is 16.2. The monoisotopic (exact) mass is 647 g/mol. The van der Waals surface area contributed by atoms with Crippen LogP contribution in [0.1, 0.15) is 43.9 Å². The van der Waals surface area contributed by atoms with Crippen LogP contribution in [-0.4, -0.2) is 51.4 Å². The van der Waals surface area contributed by atoms with Crippen LogP contribution in [0.5, 0.6) is 5.75 Å². The number of benzene rings is 3. The first-order valence-electron chi connectivity index (χ1n) is 14.0. The third-order valence-corrected chi connectivity index (χ3v) is 9.43. The Bertz CT molecular complexity index is 1520. The molecule has 0 unspecified atom stereocenters. The van der Waals surface area contributed by atoms with Gasteiger partial charge < -0.3 is 15.0 Å².